The molecule has 2 N–H and O–H groups in total. The molecule has 0 radical (unpaired) electrons. The number of hydrogen-bond donors (Lipinski definition) is 2. The van der Waals surface area contributed by atoms with Crippen molar-refractivity contribution >= 4 is 5.82 Å². The van der Waals surface area contributed by atoms with E-state index in [1.165, 1.54) is 6.33 Å². The molecule has 2 rings (SSSR count). The molecule has 0 aliphatic carbocycles. The second kappa shape index (κ2) is 5.40. The van der Waals surface area contributed by atoms with Crippen LogP contribution in [0.15, 0.2) is 18.6 Å². The first kappa shape index (κ1) is 11.5. The Morgan fingerprint density at radius 1 is 1.35 bits per heavy atom. The first-order valence-electron chi connectivity index (χ1n) is 5.32. The number of methoxy groups -OCH3 is 1. The Morgan fingerprint density at radius 3 is 2.94 bits per heavy atom. The lowest BCUT2D eigenvalue weighted by Crippen LogP contribution is -2.04. The van der Waals surface area contributed by atoms with Crippen LogP contribution >= 0.6 is 0 Å². The number of anilines is 1. The van der Waals surface area contributed by atoms with Crippen molar-refractivity contribution in [2.24, 2.45) is 0 Å². The van der Waals surface area contributed by atoms with E-state index >= 15 is 0 Å². The third-order valence-corrected chi connectivity index (χ3v) is 2.21. The topological polar surface area (TPSA) is 75.7 Å². The van der Waals surface area contributed by atoms with E-state index in [2.05, 4.69) is 25.3 Å². The zero-order chi connectivity index (χ0) is 12.1. The molecule has 2 aromatic rings. The molecule has 2 aromatic heterocycles. The Bertz CT molecular complexity index is 482. The summed E-state index contributed by atoms with van der Waals surface area (Å²) in [5.74, 6) is 1.65. The molecule has 0 atom stereocenters. The van der Waals surface area contributed by atoms with Gasteiger partial charge in [-0.05, 0) is 6.92 Å². The molecule has 2 heterocycles. The molecular weight excluding hydrogens is 218 g/mol. The van der Waals surface area contributed by atoms with Crippen molar-refractivity contribution in [3.8, 4) is 0 Å². The number of nitrogens with one attached hydrogen (secondary N) is 2. The summed E-state index contributed by atoms with van der Waals surface area (Å²) in [5, 5.41) is 3.17. The van der Waals surface area contributed by atoms with E-state index < -0.39 is 0 Å². The number of hydrogen-bond acceptors (Lipinski definition) is 5. The van der Waals surface area contributed by atoms with Gasteiger partial charge in [-0.15, -0.1) is 0 Å². The number of aromatic nitrogens is 4. The van der Waals surface area contributed by atoms with E-state index in [1.807, 2.05) is 13.0 Å². The summed E-state index contributed by atoms with van der Waals surface area (Å²) in [6.45, 7) is 3.06. The molecule has 0 fully saturated rings. The van der Waals surface area contributed by atoms with Gasteiger partial charge in [-0.25, -0.2) is 15.0 Å². The third-order valence-electron chi connectivity index (χ3n) is 2.21. The number of aryl methyl sites for hydroxylation is 1. The Balaban J connectivity index is 1.96. The Hall–Kier alpha value is -1.95. The highest BCUT2D eigenvalue weighted by Crippen LogP contribution is 2.06. The second-order valence-electron chi connectivity index (χ2n) is 3.69. The molecule has 0 spiro atoms. The number of H-pyrrole nitrogens is 1. The maximum absolute atomic E-state index is 5.01. The second-order valence-corrected chi connectivity index (χ2v) is 3.69. The van der Waals surface area contributed by atoms with Crippen molar-refractivity contribution < 1.29 is 4.74 Å². The molecule has 6 heteroatoms. The molecule has 0 unspecified atom stereocenters. The van der Waals surface area contributed by atoms with Crippen LogP contribution < -0.4 is 5.32 Å². The molecule has 90 valence electrons. The molecule has 0 bridgehead atoms. The SMILES string of the molecule is COCc1cc(NCc2ncc(C)[nH]2)ncn1. The van der Waals surface area contributed by atoms with E-state index in [4.69, 9.17) is 4.74 Å². The van der Waals surface area contributed by atoms with Crippen LogP contribution in [0.25, 0.3) is 0 Å². The normalized spacial score (nSPS) is 10.5. The van der Waals surface area contributed by atoms with Crippen molar-refractivity contribution in [3.63, 3.8) is 0 Å². The predicted octanol–water partition coefficient (Wildman–Crippen LogP) is 1.27. The van der Waals surface area contributed by atoms with Crippen molar-refractivity contribution in [1.29, 1.82) is 0 Å². The highest BCUT2D eigenvalue weighted by molar-refractivity contribution is 5.34. The summed E-state index contributed by atoms with van der Waals surface area (Å²) in [7, 11) is 1.64. The van der Waals surface area contributed by atoms with Gasteiger partial charge in [-0.3, -0.25) is 0 Å². The zero-order valence-electron chi connectivity index (χ0n) is 9.90. The first-order valence-corrected chi connectivity index (χ1v) is 5.32. The predicted molar refractivity (Wildman–Crippen MR) is 63.4 cm³/mol. The van der Waals surface area contributed by atoms with Gasteiger partial charge in [-0.1, -0.05) is 0 Å². The number of imidazole rings is 1. The van der Waals surface area contributed by atoms with Gasteiger partial charge < -0.3 is 15.0 Å². The fourth-order valence-corrected chi connectivity index (χ4v) is 1.45. The summed E-state index contributed by atoms with van der Waals surface area (Å²) in [6.07, 6.45) is 3.32. The van der Waals surface area contributed by atoms with Gasteiger partial charge in [0, 0.05) is 25.1 Å². The molecule has 17 heavy (non-hydrogen) atoms. The third kappa shape index (κ3) is 3.25. The quantitative estimate of drug-likeness (QED) is 0.813. The Labute approximate surface area is 99.5 Å². The molecular formula is C11H15N5O. The molecule has 0 aliphatic rings. The number of aromatic amines is 1. The van der Waals surface area contributed by atoms with Crippen molar-refractivity contribution in [2.75, 3.05) is 12.4 Å². The van der Waals surface area contributed by atoms with Gasteiger partial charge in [0.1, 0.15) is 18.0 Å². The van der Waals surface area contributed by atoms with Gasteiger partial charge in [-0.2, -0.15) is 0 Å². The number of ether oxygens (including phenoxy) is 1. The van der Waals surface area contributed by atoms with Crippen LogP contribution in [0.5, 0.6) is 0 Å². The maximum Gasteiger partial charge on any atom is 0.130 e. The van der Waals surface area contributed by atoms with E-state index in [9.17, 15) is 0 Å². The summed E-state index contributed by atoms with van der Waals surface area (Å²) < 4.78 is 5.01. The molecule has 0 saturated carbocycles. The van der Waals surface area contributed by atoms with Gasteiger partial charge in [0.15, 0.2) is 0 Å². The van der Waals surface area contributed by atoms with Crippen LogP contribution in [0, 0.1) is 6.92 Å². The van der Waals surface area contributed by atoms with E-state index in [0.29, 0.717) is 13.2 Å². The van der Waals surface area contributed by atoms with Gasteiger partial charge in [0.25, 0.3) is 0 Å². The van der Waals surface area contributed by atoms with Crippen LogP contribution in [-0.2, 0) is 17.9 Å². The maximum atomic E-state index is 5.01. The van der Waals surface area contributed by atoms with Crippen molar-refractivity contribution in [1.82, 2.24) is 19.9 Å². The van der Waals surface area contributed by atoms with E-state index in [0.717, 1.165) is 23.0 Å². The van der Waals surface area contributed by atoms with Gasteiger partial charge in [0.05, 0.1) is 18.8 Å². The number of rotatable bonds is 5. The highest BCUT2D eigenvalue weighted by Gasteiger charge is 2.00. The minimum Gasteiger partial charge on any atom is -0.378 e. The smallest absolute Gasteiger partial charge is 0.130 e. The Morgan fingerprint density at radius 2 is 2.24 bits per heavy atom. The standard InChI is InChI=1S/C11H15N5O/c1-8-4-12-11(16-8)5-13-10-3-9(6-17-2)14-7-15-10/h3-4,7H,5-6H2,1-2H3,(H,12,16)(H,13,14,15). The summed E-state index contributed by atoms with van der Waals surface area (Å²) in [5.41, 5.74) is 1.89. The minimum atomic E-state index is 0.483. The minimum absolute atomic E-state index is 0.483. The fraction of sp³-hybridized carbons (Fsp3) is 0.364. The lowest BCUT2D eigenvalue weighted by atomic mass is 10.4. The average Bonchev–Trinajstić information content (AvgIpc) is 2.74. The van der Waals surface area contributed by atoms with Crippen LogP contribution in [0.3, 0.4) is 0 Å². The lowest BCUT2D eigenvalue weighted by molar-refractivity contribution is 0.181. The fourth-order valence-electron chi connectivity index (χ4n) is 1.45. The molecule has 0 aromatic carbocycles. The van der Waals surface area contributed by atoms with Crippen molar-refractivity contribution in [3.05, 3.63) is 35.8 Å². The van der Waals surface area contributed by atoms with E-state index in [-0.39, 0.29) is 0 Å². The van der Waals surface area contributed by atoms with Crippen LogP contribution in [0.2, 0.25) is 0 Å². The monoisotopic (exact) mass is 233 g/mol. The lowest BCUT2D eigenvalue weighted by Gasteiger charge is -2.04. The summed E-state index contributed by atoms with van der Waals surface area (Å²) >= 11 is 0. The first-order chi connectivity index (χ1) is 8.28. The van der Waals surface area contributed by atoms with Crippen LogP contribution in [-0.4, -0.2) is 27.0 Å². The number of nitrogens with zero attached hydrogens (tertiary/aromatic N) is 3. The van der Waals surface area contributed by atoms with Gasteiger partial charge >= 0.3 is 0 Å². The largest absolute Gasteiger partial charge is 0.378 e. The summed E-state index contributed by atoms with van der Waals surface area (Å²) in [4.78, 5) is 15.6. The highest BCUT2D eigenvalue weighted by atomic mass is 16.5. The summed E-state index contributed by atoms with van der Waals surface area (Å²) in [6, 6.07) is 1.86. The van der Waals surface area contributed by atoms with Crippen LogP contribution in [0.4, 0.5) is 5.82 Å². The van der Waals surface area contributed by atoms with Crippen LogP contribution in [0.1, 0.15) is 17.2 Å². The van der Waals surface area contributed by atoms with Gasteiger partial charge in [0.2, 0.25) is 0 Å². The molecule has 0 amide bonds. The molecule has 0 saturated heterocycles. The van der Waals surface area contributed by atoms with Crippen molar-refractivity contribution in [2.45, 2.75) is 20.1 Å². The molecule has 0 aliphatic heterocycles. The molecule has 6 nitrogen and oxygen atoms in total. The zero-order valence-corrected chi connectivity index (χ0v) is 9.90. The Kier molecular flexibility index (Phi) is 3.66. The average molecular weight is 233 g/mol. The van der Waals surface area contributed by atoms with E-state index in [1.54, 1.807) is 13.3 Å².